The van der Waals surface area contributed by atoms with Gasteiger partial charge in [-0.1, -0.05) is 6.92 Å². The standard InChI is InChI=1S/C6H13N.FH/c1-6-3-4-7(2)5-6;/h6H,3-5H2,1-2H3;1H. The van der Waals surface area contributed by atoms with E-state index in [0.717, 1.165) is 5.92 Å². The normalized spacial score (nSPS) is 30.0. The molecule has 8 heavy (non-hydrogen) atoms. The van der Waals surface area contributed by atoms with Crippen molar-refractivity contribution in [1.29, 1.82) is 0 Å². The summed E-state index contributed by atoms with van der Waals surface area (Å²) in [6.45, 7) is 4.92. The summed E-state index contributed by atoms with van der Waals surface area (Å²) in [7, 11) is 2.18. The molecule has 1 heterocycles. The maximum Gasteiger partial charge on any atom is 0.000445 e. The molecule has 1 nitrogen and oxygen atoms in total. The molecule has 0 aromatic heterocycles. The van der Waals surface area contributed by atoms with Gasteiger partial charge in [0.25, 0.3) is 0 Å². The van der Waals surface area contributed by atoms with Crippen LogP contribution in [-0.4, -0.2) is 25.0 Å². The van der Waals surface area contributed by atoms with E-state index in [1.54, 1.807) is 0 Å². The molecule has 0 aliphatic carbocycles. The van der Waals surface area contributed by atoms with Gasteiger partial charge in [-0.3, -0.25) is 4.70 Å². The van der Waals surface area contributed by atoms with Gasteiger partial charge in [-0.05, 0) is 25.9 Å². The third-order valence-electron chi connectivity index (χ3n) is 1.63. The Hall–Kier alpha value is -0.110. The molecule has 0 aromatic rings. The second-order valence-corrected chi connectivity index (χ2v) is 2.66. The summed E-state index contributed by atoms with van der Waals surface area (Å²) in [6, 6.07) is 0. The van der Waals surface area contributed by atoms with Gasteiger partial charge in [0.1, 0.15) is 0 Å². The second kappa shape index (κ2) is 3.02. The molecule has 2 heteroatoms. The highest BCUT2D eigenvalue weighted by Crippen LogP contribution is 2.11. The topological polar surface area (TPSA) is 3.24 Å². The molecular weight excluding hydrogens is 105 g/mol. The van der Waals surface area contributed by atoms with Gasteiger partial charge < -0.3 is 4.90 Å². The molecule has 0 amide bonds. The number of hydrogen-bond donors (Lipinski definition) is 0. The monoisotopic (exact) mass is 119 g/mol. The fourth-order valence-electron chi connectivity index (χ4n) is 1.16. The van der Waals surface area contributed by atoms with E-state index in [1.807, 2.05) is 0 Å². The fourth-order valence-corrected chi connectivity index (χ4v) is 1.16. The highest BCUT2D eigenvalue weighted by molar-refractivity contribution is 4.67. The van der Waals surface area contributed by atoms with Crippen LogP contribution < -0.4 is 0 Å². The predicted octanol–water partition coefficient (Wildman–Crippen LogP) is 1.11. The van der Waals surface area contributed by atoms with Gasteiger partial charge in [0.2, 0.25) is 0 Å². The largest absolute Gasteiger partial charge is 0.306 e. The minimum absolute atomic E-state index is 0. The van der Waals surface area contributed by atoms with Crippen molar-refractivity contribution in [2.75, 3.05) is 20.1 Å². The Bertz CT molecular complexity index is 57.5. The van der Waals surface area contributed by atoms with Crippen molar-refractivity contribution < 1.29 is 4.70 Å². The smallest absolute Gasteiger partial charge is 0.000445 e. The Morgan fingerprint density at radius 2 is 2.12 bits per heavy atom. The van der Waals surface area contributed by atoms with E-state index in [9.17, 15) is 0 Å². The summed E-state index contributed by atoms with van der Waals surface area (Å²) in [6.07, 6.45) is 1.40. The van der Waals surface area contributed by atoms with Crippen LogP contribution in [0.2, 0.25) is 0 Å². The highest BCUT2D eigenvalue weighted by atomic mass is 19.0. The van der Waals surface area contributed by atoms with Crippen molar-refractivity contribution in [3.8, 4) is 0 Å². The first-order valence-corrected chi connectivity index (χ1v) is 2.97. The van der Waals surface area contributed by atoms with Gasteiger partial charge in [0.05, 0.1) is 0 Å². The van der Waals surface area contributed by atoms with Gasteiger partial charge in [0, 0.05) is 6.54 Å². The molecular formula is C6H14FN. The number of halogens is 1. The van der Waals surface area contributed by atoms with E-state index in [2.05, 4.69) is 18.9 Å². The van der Waals surface area contributed by atoms with E-state index in [0.29, 0.717) is 0 Å². The first kappa shape index (κ1) is 7.89. The summed E-state index contributed by atoms with van der Waals surface area (Å²) in [5, 5.41) is 0. The lowest BCUT2D eigenvalue weighted by molar-refractivity contribution is 0.402. The SMILES string of the molecule is CC1CCN(C)C1.F. The third-order valence-corrected chi connectivity index (χ3v) is 1.63. The summed E-state index contributed by atoms with van der Waals surface area (Å²) >= 11 is 0. The minimum Gasteiger partial charge on any atom is -0.306 e. The maximum absolute atomic E-state index is 2.38. The molecule has 0 saturated carbocycles. The van der Waals surface area contributed by atoms with Crippen molar-refractivity contribution in [3.05, 3.63) is 0 Å². The van der Waals surface area contributed by atoms with Crippen LogP contribution in [0.1, 0.15) is 13.3 Å². The zero-order valence-corrected chi connectivity index (χ0v) is 5.55. The van der Waals surface area contributed by atoms with Gasteiger partial charge in [-0.15, -0.1) is 0 Å². The summed E-state index contributed by atoms with van der Waals surface area (Å²) in [4.78, 5) is 2.38. The van der Waals surface area contributed by atoms with E-state index >= 15 is 0 Å². The molecule has 0 N–H and O–H groups in total. The minimum atomic E-state index is 0. The first-order valence-electron chi connectivity index (χ1n) is 2.97. The highest BCUT2D eigenvalue weighted by Gasteiger charge is 2.13. The van der Waals surface area contributed by atoms with Crippen LogP contribution in [0.25, 0.3) is 0 Å². The molecule has 50 valence electrons. The molecule has 0 bridgehead atoms. The van der Waals surface area contributed by atoms with Crippen LogP contribution in [0.3, 0.4) is 0 Å². The van der Waals surface area contributed by atoms with Crippen LogP contribution in [0, 0.1) is 5.92 Å². The van der Waals surface area contributed by atoms with Crippen molar-refractivity contribution in [2.45, 2.75) is 13.3 Å². The zero-order chi connectivity index (χ0) is 5.28. The fraction of sp³-hybridized carbons (Fsp3) is 1.00. The average molecular weight is 119 g/mol. The van der Waals surface area contributed by atoms with Gasteiger partial charge in [-0.2, -0.15) is 0 Å². The van der Waals surface area contributed by atoms with Crippen molar-refractivity contribution >= 4 is 0 Å². The van der Waals surface area contributed by atoms with Crippen molar-refractivity contribution in [1.82, 2.24) is 4.90 Å². The summed E-state index contributed by atoms with van der Waals surface area (Å²) in [5.41, 5.74) is 0. The van der Waals surface area contributed by atoms with Crippen LogP contribution in [-0.2, 0) is 0 Å². The number of hydrogen-bond acceptors (Lipinski definition) is 1. The molecule has 0 radical (unpaired) electrons. The number of likely N-dealkylation sites (tertiary alicyclic amines) is 1. The van der Waals surface area contributed by atoms with E-state index in [4.69, 9.17) is 0 Å². The lowest BCUT2D eigenvalue weighted by Crippen LogP contribution is -2.12. The molecule has 1 saturated heterocycles. The first-order chi connectivity index (χ1) is 3.29. The Morgan fingerprint density at radius 1 is 1.50 bits per heavy atom. The Kier molecular flexibility index (Phi) is 2.98. The quantitative estimate of drug-likeness (QED) is 0.461. The van der Waals surface area contributed by atoms with Gasteiger partial charge in [-0.25, -0.2) is 0 Å². The predicted molar refractivity (Wildman–Crippen MR) is 33.8 cm³/mol. The van der Waals surface area contributed by atoms with Crippen molar-refractivity contribution in [3.63, 3.8) is 0 Å². The van der Waals surface area contributed by atoms with Crippen LogP contribution >= 0.6 is 0 Å². The average Bonchev–Trinajstić information content (AvgIpc) is 1.87. The third kappa shape index (κ3) is 1.78. The van der Waals surface area contributed by atoms with Gasteiger partial charge >= 0.3 is 0 Å². The van der Waals surface area contributed by atoms with Gasteiger partial charge in [0.15, 0.2) is 0 Å². The summed E-state index contributed by atoms with van der Waals surface area (Å²) in [5.74, 6) is 0.949. The van der Waals surface area contributed by atoms with E-state index < -0.39 is 0 Å². The molecule has 1 rings (SSSR count). The molecule has 0 aromatic carbocycles. The van der Waals surface area contributed by atoms with Crippen LogP contribution in [0.15, 0.2) is 0 Å². The molecule has 1 aliphatic heterocycles. The van der Waals surface area contributed by atoms with E-state index in [1.165, 1.54) is 19.5 Å². The second-order valence-electron chi connectivity index (χ2n) is 2.66. The molecule has 1 fully saturated rings. The van der Waals surface area contributed by atoms with Crippen molar-refractivity contribution in [2.24, 2.45) is 5.92 Å². The molecule has 1 aliphatic rings. The Morgan fingerprint density at radius 3 is 2.25 bits per heavy atom. The molecule has 1 unspecified atom stereocenters. The Labute approximate surface area is 50.0 Å². The van der Waals surface area contributed by atoms with E-state index in [-0.39, 0.29) is 4.70 Å². The Balaban J connectivity index is 0.000000490. The van der Waals surface area contributed by atoms with Crippen LogP contribution in [0.4, 0.5) is 4.70 Å². The lowest BCUT2D eigenvalue weighted by Gasteiger charge is -2.03. The summed E-state index contributed by atoms with van der Waals surface area (Å²) < 4.78 is 0. The molecule has 1 atom stereocenters. The number of rotatable bonds is 0. The molecule has 0 spiro atoms. The number of nitrogens with zero attached hydrogens (tertiary/aromatic N) is 1. The maximum atomic E-state index is 2.38. The zero-order valence-electron chi connectivity index (χ0n) is 5.55. The lowest BCUT2D eigenvalue weighted by atomic mass is 10.2. The van der Waals surface area contributed by atoms with Crippen LogP contribution in [0.5, 0.6) is 0 Å².